The number of aliphatic carboxylic acids is 1. The minimum absolute atomic E-state index is 0.0165. The molecule has 2 heterocycles. The lowest BCUT2D eigenvalue weighted by atomic mass is 9.86. The number of aromatic nitrogens is 1. The average molecular weight is 381 g/mol. The van der Waals surface area contributed by atoms with E-state index in [4.69, 9.17) is 16.1 Å². The van der Waals surface area contributed by atoms with Crippen molar-refractivity contribution < 1.29 is 23.6 Å². The third kappa shape index (κ3) is 3.19. The molecule has 0 aliphatic carbocycles. The number of piperidine rings is 1. The lowest BCUT2D eigenvalue weighted by Crippen LogP contribution is -2.45. The summed E-state index contributed by atoms with van der Waals surface area (Å²) in [4.78, 5) is 25.8. The second-order valence-electron chi connectivity index (χ2n) is 6.52. The highest BCUT2D eigenvalue weighted by Crippen LogP contribution is 2.35. The zero-order valence-electron chi connectivity index (χ0n) is 14.3. The summed E-state index contributed by atoms with van der Waals surface area (Å²) in [5, 5.41) is 13.2. The first-order valence-corrected chi connectivity index (χ1v) is 8.61. The molecule has 1 fully saturated rings. The van der Waals surface area contributed by atoms with Crippen LogP contribution in [0.4, 0.5) is 4.39 Å². The van der Waals surface area contributed by atoms with Gasteiger partial charge in [0.05, 0.1) is 16.5 Å². The molecule has 1 saturated heterocycles. The second-order valence-corrected chi connectivity index (χ2v) is 6.93. The Morgan fingerprint density at radius 2 is 2.15 bits per heavy atom. The van der Waals surface area contributed by atoms with Crippen LogP contribution in [0.25, 0.3) is 11.3 Å². The number of benzene rings is 1. The summed E-state index contributed by atoms with van der Waals surface area (Å²) in [5.41, 5.74) is 0.226. The molecule has 2 aromatic rings. The van der Waals surface area contributed by atoms with Crippen molar-refractivity contribution in [2.45, 2.75) is 20.3 Å². The Balaban J connectivity index is 1.95. The highest BCUT2D eigenvalue weighted by atomic mass is 35.5. The minimum Gasteiger partial charge on any atom is -0.481 e. The summed E-state index contributed by atoms with van der Waals surface area (Å²) in [6, 6.07) is 4.21. The SMILES string of the molecule is Cc1onc(-c2c(F)cccc2Cl)c1C(=O)N1CCC(C(=O)O)C(C)C1. The van der Waals surface area contributed by atoms with Crippen molar-refractivity contribution in [3.8, 4) is 11.3 Å². The van der Waals surface area contributed by atoms with Gasteiger partial charge in [0.1, 0.15) is 22.8 Å². The molecule has 1 aromatic carbocycles. The number of aryl methyl sites for hydroxylation is 1. The number of carbonyl (C=O) groups is 2. The molecule has 8 heteroatoms. The first-order valence-electron chi connectivity index (χ1n) is 8.24. The molecule has 2 unspecified atom stereocenters. The predicted molar refractivity (Wildman–Crippen MR) is 92.5 cm³/mol. The number of halogens is 2. The summed E-state index contributed by atoms with van der Waals surface area (Å²) in [5.74, 6) is -2.23. The smallest absolute Gasteiger partial charge is 0.306 e. The normalized spacial score (nSPS) is 20.2. The van der Waals surface area contributed by atoms with E-state index in [1.165, 1.54) is 18.2 Å². The van der Waals surface area contributed by atoms with Gasteiger partial charge in [-0.25, -0.2) is 4.39 Å². The van der Waals surface area contributed by atoms with Crippen molar-refractivity contribution in [3.63, 3.8) is 0 Å². The van der Waals surface area contributed by atoms with E-state index in [2.05, 4.69) is 5.16 Å². The van der Waals surface area contributed by atoms with Crippen LogP contribution in [0.3, 0.4) is 0 Å². The highest BCUT2D eigenvalue weighted by molar-refractivity contribution is 6.33. The van der Waals surface area contributed by atoms with Crippen LogP contribution in [0, 0.1) is 24.6 Å². The molecule has 0 saturated carbocycles. The lowest BCUT2D eigenvalue weighted by Gasteiger charge is -2.34. The summed E-state index contributed by atoms with van der Waals surface area (Å²) < 4.78 is 19.4. The number of likely N-dealkylation sites (tertiary alicyclic amines) is 1. The molecule has 0 radical (unpaired) electrons. The Labute approximate surface area is 154 Å². The Kier molecular flexibility index (Phi) is 5.00. The van der Waals surface area contributed by atoms with Crippen molar-refractivity contribution in [1.29, 1.82) is 0 Å². The van der Waals surface area contributed by atoms with Crippen LogP contribution in [0.5, 0.6) is 0 Å². The lowest BCUT2D eigenvalue weighted by molar-refractivity contribution is -0.145. The fourth-order valence-electron chi connectivity index (χ4n) is 3.37. The van der Waals surface area contributed by atoms with E-state index in [0.717, 1.165) is 0 Å². The maximum atomic E-state index is 14.3. The Morgan fingerprint density at radius 3 is 2.77 bits per heavy atom. The summed E-state index contributed by atoms with van der Waals surface area (Å²) in [6.07, 6.45) is 0.363. The highest BCUT2D eigenvalue weighted by Gasteiger charge is 2.36. The van der Waals surface area contributed by atoms with Crippen molar-refractivity contribution in [2.24, 2.45) is 11.8 Å². The summed E-state index contributed by atoms with van der Waals surface area (Å²) in [6.45, 7) is 3.97. The number of hydrogen-bond donors (Lipinski definition) is 1. The maximum absolute atomic E-state index is 14.3. The van der Waals surface area contributed by atoms with Gasteiger partial charge in [0.25, 0.3) is 5.91 Å². The molecule has 0 bridgehead atoms. The Hall–Kier alpha value is -2.41. The van der Waals surface area contributed by atoms with Gasteiger partial charge >= 0.3 is 5.97 Å². The number of nitrogens with zero attached hydrogens (tertiary/aromatic N) is 2. The molecule has 138 valence electrons. The first kappa shape index (κ1) is 18.4. The number of hydrogen-bond acceptors (Lipinski definition) is 4. The molecule has 6 nitrogen and oxygen atoms in total. The van der Waals surface area contributed by atoms with Gasteiger partial charge in [-0.1, -0.05) is 29.7 Å². The van der Waals surface area contributed by atoms with Gasteiger partial charge in [-0.15, -0.1) is 0 Å². The molecule has 0 spiro atoms. The van der Waals surface area contributed by atoms with Gasteiger partial charge in [-0.2, -0.15) is 0 Å². The topological polar surface area (TPSA) is 83.6 Å². The maximum Gasteiger partial charge on any atom is 0.306 e. The zero-order chi connectivity index (χ0) is 19.0. The third-order valence-electron chi connectivity index (χ3n) is 4.79. The Morgan fingerprint density at radius 1 is 1.42 bits per heavy atom. The number of rotatable bonds is 3. The molecular weight excluding hydrogens is 363 g/mol. The Bertz CT molecular complexity index is 847. The monoisotopic (exact) mass is 380 g/mol. The molecule has 26 heavy (non-hydrogen) atoms. The quantitative estimate of drug-likeness (QED) is 0.879. The van der Waals surface area contributed by atoms with Gasteiger partial charge < -0.3 is 14.5 Å². The number of amides is 1. The fourth-order valence-corrected chi connectivity index (χ4v) is 3.63. The van der Waals surface area contributed by atoms with Crippen molar-refractivity contribution in [1.82, 2.24) is 10.1 Å². The van der Waals surface area contributed by atoms with Crippen LogP contribution in [0.2, 0.25) is 5.02 Å². The van der Waals surface area contributed by atoms with Gasteiger partial charge in [0, 0.05) is 13.1 Å². The molecular formula is C18H18ClFN2O4. The van der Waals surface area contributed by atoms with E-state index >= 15 is 0 Å². The van der Waals surface area contributed by atoms with E-state index in [0.29, 0.717) is 19.5 Å². The van der Waals surface area contributed by atoms with Gasteiger partial charge in [0.15, 0.2) is 0 Å². The van der Waals surface area contributed by atoms with Crippen LogP contribution in [-0.2, 0) is 4.79 Å². The molecule has 1 aromatic heterocycles. The third-order valence-corrected chi connectivity index (χ3v) is 5.10. The number of carbonyl (C=O) groups excluding carboxylic acids is 1. The van der Waals surface area contributed by atoms with Gasteiger partial charge in [0.2, 0.25) is 0 Å². The molecule has 1 aliphatic rings. The van der Waals surface area contributed by atoms with Crippen LogP contribution in [0.1, 0.15) is 29.5 Å². The molecule has 2 atom stereocenters. The number of carboxylic acid groups (broad SMARTS) is 1. The molecule has 1 amide bonds. The zero-order valence-corrected chi connectivity index (χ0v) is 15.1. The van der Waals surface area contributed by atoms with Crippen LogP contribution < -0.4 is 0 Å². The minimum atomic E-state index is -0.857. The van der Waals surface area contributed by atoms with Crippen LogP contribution >= 0.6 is 11.6 Å². The second kappa shape index (κ2) is 7.07. The molecule has 1 N–H and O–H groups in total. The summed E-state index contributed by atoms with van der Waals surface area (Å²) in [7, 11) is 0. The van der Waals surface area contributed by atoms with Crippen molar-refractivity contribution in [3.05, 3.63) is 40.4 Å². The standard InChI is InChI=1S/C18H18ClFN2O4/c1-9-8-22(7-6-11(9)18(24)25)17(23)14-10(2)26-21-16(14)15-12(19)4-3-5-13(15)20/h3-5,9,11H,6-8H2,1-2H3,(H,24,25). The van der Waals surface area contributed by atoms with E-state index < -0.39 is 17.7 Å². The predicted octanol–water partition coefficient (Wildman–Crippen LogP) is 3.63. The van der Waals surface area contributed by atoms with Gasteiger partial charge in [-0.05, 0) is 31.4 Å². The fraction of sp³-hybridized carbons (Fsp3) is 0.389. The molecule has 1 aliphatic heterocycles. The van der Waals surface area contributed by atoms with E-state index in [9.17, 15) is 19.1 Å². The van der Waals surface area contributed by atoms with Gasteiger partial charge in [-0.3, -0.25) is 9.59 Å². The van der Waals surface area contributed by atoms with E-state index in [1.807, 2.05) is 0 Å². The largest absolute Gasteiger partial charge is 0.481 e. The van der Waals surface area contributed by atoms with E-state index in [1.54, 1.807) is 18.7 Å². The summed E-state index contributed by atoms with van der Waals surface area (Å²) >= 11 is 6.10. The van der Waals surface area contributed by atoms with Crippen molar-refractivity contribution in [2.75, 3.05) is 13.1 Å². The number of carboxylic acids is 1. The van der Waals surface area contributed by atoms with Crippen LogP contribution in [0.15, 0.2) is 22.7 Å². The average Bonchev–Trinajstić information content (AvgIpc) is 2.95. The first-order chi connectivity index (χ1) is 12.3. The van der Waals surface area contributed by atoms with Crippen molar-refractivity contribution >= 4 is 23.5 Å². The van der Waals surface area contributed by atoms with E-state index in [-0.39, 0.29) is 39.4 Å². The molecule has 3 rings (SSSR count). The van der Waals surface area contributed by atoms with Crippen LogP contribution in [-0.4, -0.2) is 40.1 Å².